The highest BCUT2D eigenvalue weighted by Gasteiger charge is 2.37. The van der Waals surface area contributed by atoms with Gasteiger partial charge in [-0.05, 0) is 6.92 Å². The molecule has 4 heteroatoms. The van der Waals surface area contributed by atoms with E-state index >= 15 is 0 Å². The molecule has 1 rings (SSSR count). The summed E-state index contributed by atoms with van der Waals surface area (Å²) >= 11 is 0. The molecular formula is C7H6O4. The summed E-state index contributed by atoms with van der Waals surface area (Å²) in [7, 11) is 0. The van der Waals surface area contributed by atoms with E-state index in [1.165, 1.54) is 0 Å². The summed E-state index contributed by atoms with van der Waals surface area (Å²) < 4.78 is 0. The van der Waals surface area contributed by atoms with E-state index in [0.717, 1.165) is 13.0 Å². The van der Waals surface area contributed by atoms with Crippen LogP contribution in [0.2, 0.25) is 0 Å². The zero-order valence-electron chi connectivity index (χ0n) is 5.83. The summed E-state index contributed by atoms with van der Waals surface area (Å²) in [5, 5.41) is 8.73. The van der Waals surface area contributed by atoms with Crippen molar-refractivity contribution in [2.24, 2.45) is 5.92 Å². The van der Waals surface area contributed by atoms with E-state index < -0.39 is 29.0 Å². The Morgan fingerprint density at radius 2 is 2.09 bits per heavy atom. The SMILES string of the molecule is CC(=O)C1C(=O)C=C(O)C1=O. The van der Waals surface area contributed by atoms with Crippen molar-refractivity contribution in [1.82, 2.24) is 0 Å². The Morgan fingerprint density at radius 1 is 1.55 bits per heavy atom. The lowest BCUT2D eigenvalue weighted by molar-refractivity contribution is -0.135. The third-order valence-electron chi connectivity index (χ3n) is 1.48. The lowest BCUT2D eigenvalue weighted by atomic mass is 10.0. The van der Waals surface area contributed by atoms with E-state index in [2.05, 4.69) is 0 Å². The Balaban J connectivity index is 2.99. The van der Waals surface area contributed by atoms with Crippen molar-refractivity contribution in [2.45, 2.75) is 6.92 Å². The molecule has 1 N–H and O–H groups in total. The molecule has 0 fully saturated rings. The van der Waals surface area contributed by atoms with Crippen molar-refractivity contribution < 1.29 is 19.5 Å². The van der Waals surface area contributed by atoms with Crippen LogP contribution in [-0.2, 0) is 14.4 Å². The molecule has 0 saturated heterocycles. The van der Waals surface area contributed by atoms with Crippen LogP contribution in [0.1, 0.15) is 6.92 Å². The maximum absolute atomic E-state index is 10.8. The average molecular weight is 154 g/mol. The topological polar surface area (TPSA) is 71.4 Å². The van der Waals surface area contributed by atoms with Gasteiger partial charge in [0.2, 0.25) is 5.78 Å². The van der Waals surface area contributed by atoms with Crippen LogP contribution >= 0.6 is 0 Å². The predicted octanol–water partition coefficient (Wildman–Crippen LogP) is -0.215. The van der Waals surface area contributed by atoms with Crippen molar-refractivity contribution in [2.75, 3.05) is 0 Å². The van der Waals surface area contributed by atoms with Crippen molar-refractivity contribution in [3.63, 3.8) is 0 Å². The first-order chi connectivity index (χ1) is 5.04. The van der Waals surface area contributed by atoms with Gasteiger partial charge in [0.1, 0.15) is 11.7 Å². The second-order valence-corrected chi connectivity index (χ2v) is 2.34. The first kappa shape index (κ1) is 7.65. The minimum absolute atomic E-state index is 0.527. The molecule has 11 heavy (non-hydrogen) atoms. The number of allylic oxidation sites excluding steroid dienone is 2. The van der Waals surface area contributed by atoms with Gasteiger partial charge in [-0.15, -0.1) is 0 Å². The standard InChI is InChI=1S/C7H6O4/c1-3(8)6-4(9)2-5(10)7(6)11/h2,6,10H,1H3. The van der Waals surface area contributed by atoms with Gasteiger partial charge in [0.15, 0.2) is 11.5 Å². The molecule has 0 amide bonds. The van der Waals surface area contributed by atoms with Gasteiger partial charge in [0.25, 0.3) is 0 Å². The van der Waals surface area contributed by atoms with Crippen molar-refractivity contribution in [3.05, 3.63) is 11.8 Å². The molecule has 0 aromatic carbocycles. The molecule has 0 bridgehead atoms. The third-order valence-corrected chi connectivity index (χ3v) is 1.48. The first-order valence-corrected chi connectivity index (χ1v) is 3.03. The Labute approximate surface area is 62.5 Å². The van der Waals surface area contributed by atoms with Crippen LogP contribution in [0.25, 0.3) is 0 Å². The fourth-order valence-electron chi connectivity index (χ4n) is 0.951. The van der Waals surface area contributed by atoms with Gasteiger partial charge in [-0.2, -0.15) is 0 Å². The summed E-state index contributed by atoms with van der Waals surface area (Å²) in [4.78, 5) is 32.2. The fraction of sp³-hybridized carbons (Fsp3) is 0.286. The van der Waals surface area contributed by atoms with E-state index in [4.69, 9.17) is 5.11 Å². The minimum atomic E-state index is -1.28. The number of hydrogen-bond acceptors (Lipinski definition) is 4. The van der Waals surface area contributed by atoms with Gasteiger partial charge in [0, 0.05) is 6.08 Å². The van der Waals surface area contributed by atoms with Crippen LogP contribution < -0.4 is 0 Å². The van der Waals surface area contributed by atoms with E-state index in [-0.39, 0.29) is 0 Å². The van der Waals surface area contributed by atoms with E-state index in [9.17, 15) is 14.4 Å². The maximum atomic E-state index is 10.8. The second kappa shape index (κ2) is 2.30. The summed E-state index contributed by atoms with van der Waals surface area (Å²) in [6.45, 7) is 1.15. The van der Waals surface area contributed by atoms with E-state index in [1.54, 1.807) is 0 Å². The molecule has 1 unspecified atom stereocenters. The lowest BCUT2D eigenvalue weighted by Crippen LogP contribution is -2.24. The lowest BCUT2D eigenvalue weighted by Gasteiger charge is -1.98. The molecule has 58 valence electrons. The van der Waals surface area contributed by atoms with Gasteiger partial charge in [-0.1, -0.05) is 0 Å². The van der Waals surface area contributed by atoms with Crippen molar-refractivity contribution in [1.29, 1.82) is 0 Å². The highest BCUT2D eigenvalue weighted by Crippen LogP contribution is 2.16. The third kappa shape index (κ3) is 1.07. The van der Waals surface area contributed by atoms with Crippen molar-refractivity contribution in [3.8, 4) is 0 Å². The molecule has 4 nitrogen and oxygen atoms in total. The number of hydrogen-bond donors (Lipinski definition) is 1. The highest BCUT2D eigenvalue weighted by molar-refractivity contribution is 6.30. The maximum Gasteiger partial charge on any atom is 0.215 e. The van der Waals surface area contributed by atoms with Gasteiger partial charge >= 0.3 is 0 Å². The molecular weight excluding hydrogens is 148 g/mol. The number of rotatable bonds is 1. The molecule has 0 spiro atoms. The Bertz CT molecular complexity index is 274. The number of aliphatic hydroxyl groups is 1. The molecule has 0 aromatic heterocycles. The quantitative estimate of drug-likeness (QED) is 0.530. The normalized spacial score (nSPS) is 23.7. The molecule has 0 heterocycles. The molecule has 1 aliphatic rings. The largest absolute Gasteiger partial charge is 0.504 e. The van der Waals surface area contributed by atoms with E-state index in [1.807, 2.05) is 0 Å². The predicted molar refractivity (Wildman–Crippen MR) is 34.9 cm³/mol. The number of Topliss-reactive ketones (excluding diaryl/α,β-unsaturated/α-hetero) is 2. The summed E-state index contributed by atoms with van der Waals surface area (Å²) in [6.07, 6.45) is 0.786. The van der Waals surface area contributed by atoms with Gasteiger partial charge in [-0.3, -0.25) is 14.4 Å². The molecule has 1 atom stereocenters. The van der Waals surface area contributed by atoms with Gasteiger partial charge < -0.3 is 5.11 Å². The van der Waals surface area contributed by atoms with Gasteiger partial charge in [0.05, 0.1) is 0 Å². The number of carbonyl (C=O) groups excluding carboxylic acids is 3. The number of aliphatic hydroxyl groups excluding tert-OH is 1. The van der Waals surface area contributed by atoms with Crippen LogP contribution in [0.3, 0.4) is 0 Å². The van der Waals surface area contributed by atoms with Crippen LogP contribution in [0.5, 0.6) is 0 Å². The summed E-state index contributed by atoms with van der Waals surface area (Å²) in [6, 6.07) is 0. The Morgan fingerprint density at radius 3 is 2.27 bits per heavy atom. The minimum Gasteiger partial charge on any atom is -0.504 e. The summed E-state index contributed by atoms with van der Waals surface area (Å²) in [5.74, 6) is -3.84. The average Bonchev–Trinajstić information content (AvgIpc) is 2.07. The number of carbonyl (C=O) groups is 3. The zero-order valence-corrected chi connectivity index (χ0v) is 5.83. The Kier molecular flexibility index (Phi) is 1.60. The fourth-order valence-corrected chi connectivity index (χ4v) is 0.951. The Hall–Kier alpha value is -1.45. The first-order valence-electron chi connectivity index (χ1n) is 3.03. The smallest absolute Gasteiger partial charge is 0.215 e. The highest BCUT2D eigenvalue weighted by atomic mass is 16.3. The van der Waals surface area contributed by atoms with Gasteiger partial charge in [-0.25, -0.2) is 0 Å². The number of ketones is 3. The van der Waals surface area contributed by atoms with Crippen LogP contribution in [0.4, 0.5) is 0 Å². The zero-order chi connectivity index (χ0) is 8.59. The van der Waals surface area contributed by atoms with Crippen LogP contribution in [-0.4, -0.2) is 22.5 Å². The molecule has 0 saturated carbocycles. The van der Waals surface area contributed by atoms with Crippen LogP contribution in [0, 0.1) is 5.92 Å². The second-order valence-electron chi connectivity index (χ2n) is 2.34. The molecule has 1 aliphatic carbocycles. The van der Waals surface area contributed by atoms with E-state index in [0.29, 0.717) is 0 Å². The van der Waals surface area contributed by atoms with Crippen molar-refractivity contribution >= 4 is 17.3 Å². The van der Waals surface area contributed by atoms with Crippen LogP contribution in [0.15, 0.2) is 11.8 Å². The molecule has 0 aromatic rings. The monoisotopic (exact) mass is 154 g/mol. The summed E-state index contributed by atoms with van der Waals surface area (Å²) in [5.41, 5.74) is 0. The molecule has 0 aliphatic heterocycles. The molecule has 0 radical (unpaired) electrons.